The lowest BCUT2D eigenvalue weighted by atomic mass is 9.83. The number of imidazole rings is 1. The lowest BCUT2D eigenvalue weighted by Gasteiger charge is -2.25. The van der Waals surface area contributed by atoms with Crippen LogP contribution in [0.5, 0.6) is 0 Å². The Labute approximate surface area is 97.3 Å². The summed E-state index contributed by atoms with van der Waals surface area (Å²) in [6.45, 7) is 2.15. The van der Waals surface area contributed by atoms with Crippen molar-refractivity contribution in [2.45, 2.75) is 57.7 Å². The highest BCUT2D eigenvalue weighted by Crippen LogP contribution is 2.29. The van der Waals surface area contributed by atoms with Crippen LogP contribution in [0.25, 0.3) is 0 Å². The fourth-order valence-corrected chi connectivity index (χ4v) is 2.34. The second-order valence-corrected chi connectivity index (χ2v) is 5.32. The molecule has 0 radical (unpaired) electrons. The Kier molecular flexibility index (Phi) is 2.96. The van der Waals surface area contributed by atoms with Gasteiger partial charge in [-0.1, -0.05) is 19.3 Å². The number of nitrogens with one attached hydrogen (secondary N) is 1. The number of nitrogens with zero attached hydrogens (tertiary/aromatic N) is 2. The maximum Gasteiger partial charge on any atom is 0.0948 e. The Hall–Kier alpha value is -0.830. The first-order chi connectivity index (χ1) is 7.92. The van der Waals surface area contributed by atoms with E-state index in [0.29, 0.717) is 0 Å². The smallest absolute Gasteiger partial charge is 0.0948 e. The molecule has 3 rings (SSSR count). The third kappa shape index (κ3) is 2.46. The van der Waals surface area contributed by atoms with Gasteiger partial charge in [-0.2, -0.15) is 0 Å². The average molecular weight is 219 g/mol. The van der Waals surface area contributed by atoms with E-state index in [9.17, 15) is 0 Å². The van der Waals surface area contributed by atoms with E-state index in [1.54, 1.807) is 0 Å². The molecule has 0 aromatic carbocycles. The molecule has 0 amide bonds. The lowest BCUT2D eigenvalue weighted by molar-refractivity contribution is 0.281. The predicted molar refractivity (Wildman–Crippen MR) is 64.0 cm³/mol. The standard InChI is InChI=1S/C13H21N3/c1-2-11(3-1)6-7-16-10-14-8-13(16)9-15-12-4-5-12/h8,10-12,15H,1-7,9H2. The number of aryl methyl sites for hydroxylation is 1. The molecule has 16 heavy (non-hydrogen) atoms. The Bertz CT molecular complexity index is 337. The SMILES string of the molecule is c1ncn(CCC2CCC2)c1CNC1CC1. The van der Waals surface area contributed by atoms with Crippen molar-refractivity contribution in [1.29, 1.82) is 0 Å². The second-order valence-electron chi connectivity index (χ2n) is 5.32. The molecule has 2 fully saturated rings. The van der Waals surface area contributed by atoms with E-state index in [4.69, 9.17) is 0 Å². The molecule has 0 saturated heterocycles. The van der Waals surface area contributed by atoms with E-state index in [1.807, 2.05) is 12.5 Å². The molecular formula is C13H21N3. The van der Waals surface area contributed by atoms with Crippen LogP contribution < -0.4 is 5.32 Å². The monoisotopic (exact) mass is 219 g/mol. The van der Waals surface area contributed by atoms with Gasteiger partial charge < -0.3 is 9.88 Å². The van der Waals surface area contributed by atoms with Crippen molar-refractivity contribution in [3.8, 4) is 0 Å². The number of aromatic nitrogens is 2. The van der Waals surface area contributed by atoms with E-state index in [-0.39, 0.29) is 0 Å². The van der Waals surface area contributed by atoms with Crippen LogP contribution in [0.4, 0.5) is 0 Å². The minimum atomic E-state index is 0.787. The molecule has 0 unspecified atom stereocenters. The van der Waals surface area contributed by atoms with Crippen LogP contribution in [-0.2, 0) is 13.1 Å². The number of hydrogen-bond donors (Lipinski definition) is 1. The summed E-state index contributed by atoms with van der Waals surface area (Å²) >= 11 is 0. The molecule has 2 saturated carbocycles. The molecule has 2 aliphatic rings. The molecule has 1 N–H and O–H groups in total. The van der Waals surface area contributed by atoms with Gasteiger partial charge in [-0.3, -0.25) is 0 Å². The summed E-state index contributed by atoms with van der Waals surface area (Å²) in [4.78, 5) is 4.27. The zero-order valence-corrected chi connectivity index (χ0v) is 9.86. The van der Waals surface area contributed by atoms with Gasteiger partial charge in [-0.15, -0.1) is 0 Å². The highest BCUT2D eigenvalue weighted by atomic mass is 15.1. The van der Waals surface area contributed by atoms with Crippen LogP contribution in [0.15, 0.2) is 12.5 Å². The van der Waals surface area contributed by atoms with Gasteiger partial charge in [-0.05, 0) is 25.2 Å². The summed E-state index contributed by atoms with van der Waals surface area (Å²) in [6, 6.07) is 0.787. The molecular weight excluding hydrogens is 198 g/mol. The molecule has 88 valence electrons. The molecule has 1 aromatic rings. The molecule has 3 nitrogen and oxygen atoms in total. The fourth-order valence-electron chi connectivity index (χ4n) is 2.34. The van der Waals surface area contributed by atoms with E-state index >= 15 is 0 Å². The van der Waals surface area contributed by atoms with Gasteiger partial charge >= 0.3 is 0 Å². The summed E-state index contributed by atoms with van der Waals surface area (Å²) in [6.07, 6.45) is 12.4. The topological polar surface area (TPSA) is 29.9 Å². The van der Waals surface area contributed by atoms with Gasteiger partial charge in [0.1, 0.15) is 0 Å². The van der Waals surface area contributed by atoms with Gasteiger partial charge in [0.05, 0.1) is 12.0 Å². The summed E-state index contributed by atoms with van der Waals surface area (Å²) in [5.41, 5.74) is 1.35. The molecule has 3 heteroatoms. The van der Waals surface area contributed by atoms with Gasteiger partial charge in [0.15, 0.2) is 0 Å². The molecule has 0 atom stereocenters. The van der Waals surface area contributed by atoms with E-state index < -0.39 is 0 Å². The van der Waals surface area contributed by atoms with Crippen LogP contribution >= 0.6 is 0 Å². The normalized spacial score (nSPS) is 21.0. The van der Waals surface area contributed by atoms with E-state index in [1.165, 1.54) is 44.2 Å². The van der Waals surface area contributed by atoms with Crippen molar-refractivity contribution < 1.29 is 0 Å². The average Bonchev–Trinajstić information content (AvgIpc) is 2.94. The Morgan fingerprint density at radius 3 is 2.88 bits per heavy atom. The van der Waals surface area contributed by atoms with Crippen LogP contribution in [0, 0.1) is 5.92 Å². The van der Waals surface area contributed by atoms with Crippen molar-refractivity contribution >= 4 is 0 Å². The van der Waals surface area contributed by atoms with Crippen molar-refractivity contribution in [3.05, 3.63) is 18.2 Å². The highest BCUT2D eigenvalue weighted by Gasteiger charge is 2.21. The van der Waals surface area contributed by atoms with Gasteiger partial charge in [0.2, 0.25) is 0 Å². The Balaban J connectivity index is 1.49. The summed E-state index contributed by atoms with van der Waals surface area (Å²) in [5, 5.41) is 3.55. The Morgan fingerprint density at radius 2 is 2.19 bits per heavy atom. The van der Waals surface area contributed by atoms with E-state index in [0.717, 1.165) is 25.0 Å². The first kappa shape index (κ1) is 10.3. The van der Waals surface area contributed by atoms with E-state index in [2.05, 4.69) is 14.9 Å². The zero-order chi connectivity index (χ0) is 10.8. The Morgan fingerprint density at radius 1 is 1.31 bits per heavy atom. The van der Waals surface area contributed by atoms with Crippen molar-refractivity contribution in [2.75, 3.05) is 0 Å². The molecule has 2 aliphatic carbocycles. The number of hydrogen-bond acceptors (Lipinski definition) is 2. The van der Waals surface area contributed by atoms with Gasteiger partial charge in [0.25, 0.3) is 0 Å². The zero-order valence-electron chi connectivity index (χ0n) is 9.86. The number of rotatable bonds is 6. The summed E-state index contributed by atoms with van der Waals surface area (Å²) < 4.78 is 2.33. The first-order valence-electron chi connectivity index (χ1n) is 6.64. The summed E-state index contributed by atoms with van der Waals surface area (Å²) in [7, 11) is 0. The third-order valence-corrected chi connectivity index (χ3v) is 3.95. The highest BCUT2D eigenvalue weighted by molar-refractivity contribution is 4.99. The largest absolute Gasteiger partial charge is 0.333 e. The van der Waals surface area contributed by atoms with Crippen LogP contribution in [0.1, 0.15) is 44.2 Å². The van der Waals surface area contributed by atoms with Crippen LogP contribution in [-0.4, -0.2) is 15.6 Å². The molecule has 1 aromatic heterocycles. The minimum absolute atomic E-state index is 0.787. The molecule has 0 spiro atoms. The van der Waals surface area contributed by atoms with Crippen LogP contribution in [0.3, 0.4) is 0 Å². The molecule has 1 heterocycles. The molecule has 0 aliphatic heterocycles. The quantitative estimate of drug-likeness (QED) is 0.795. The fraction of sp³-hybridized carbons (Fsp3) is 0.769. The first-order valence-corrected chi connectivity index (χ1v) is 6.64. The van der Waals surface area contributed by atoms with Crippen molar-refractivity contribution in [2.24, 2.45) is 5.92 Å². The maximum atomic E-state index is 4.27. The van der Waals surface area contributed by atoms with Gasteiger partial charge in [-0.25, -0.2) is 4.98 Å². The van der Waals surface area contributed by atoms with Crippen molar-refractivity contribution in [1.82, 2.24) is 14.9 Å². The molecule has 0 bridgehead atoms. The van der Waals surface area contributed by atoms with Crippen molar-refractivity contribution in [3.63, 3.8) is 0 Å². The third-order valence-electron chi connectivity index (χ3n) is 3.95. The summed E-state index contributed by atoms with van der Waals surface area (Å²) in [5.74, 6) is 0.992. The lowest BCUT2D eigenvalue weighted by Crippen LogP contribution is -2.19. The van der Waals surface area contributed by atoms with Gasteiger partial charge in [0, 0.05) is 25.3 Å². The van der Waals surface area contributed by atoms with Crippen LogP contribution in [0.2, 0.25) is 0 Å². The second kappa shape index (κ2) is 4.58. The minimum Gasteiger partial charge on any atom is -0.333 e. The maximum absolute atomic E-state index is 4.27. The predicted octanol–water partition coefficient (Wildman–Crippen LogP) is 2.33.